The van der Waals surface area contributed by atoms with Crippen LogP contribution in [-0.2, 0) is 11.3 Å². The molecular formula is C9H6O4. The molecule has 4 nitrogen and oxygen atoms in total. The second-order valence-corrected chi connectivity index (χ2v) is 2.67. The normalized spacial score (nSPS) is 14.2. The van der Waals surface area contributed by atoms with Gasteiger partial charge in [0.05, 0.1) is 17.7 Å². The number of benzene rings is 1. The zero-order chi connectivity index (χ0) is 9.42. The van der Waals surface area contributed by atoms with E-state index in [9.17, 15) is 9.59 Å². The van der Waals surface area contributed by atoms with Gasteiger partial charge in [0.2, 0.25) is 0 Å². The summed E-state index contributed by atoms with van der Waals surface area (Å²) >= 11 is 0. The Morgan fingerprint density at radius 1 is 1.23 bits per heavy atom. The fourth-order valence-corrected chi connectivity index (χ4v) is 1.33. The van der Waals surface area contributed by atoms with Gasteiger partial charge in [0, 0.05) is 0 Å². The average Bonchev–Trinajstić information content (AvgIpc) is 2.43. The van der Waals surface area contributed by atoms with Gasteiger partial charge in [-0.15, -0.1) is 0 Å². The van der Waals surface area contributed by atoms with Crippen LogP contribution in [0.5, 0.6) is 0 Å². The smallest absolute Gasteiger partial charge is 0.347 e. The number of aliphatic hydroxyl groups excluding tert-OH is 1. The molecule has 1 N–H and O–H groups in total. The first-order chi connectivity index (χ1) is 6.24. The van der Waals surface area contributed by atoms with Gasteiger partial charge >= 0.3 is 11.9 Å². The van der Waals surface area contributed by atoms with Crippen LogP contribution in [0.25, 0.3) is 0 Å². The molecule has 4 heteroatoms. The van der Waals surface area contributed by atoms with Crippen molar-refractivity contribution in [1.29, 1.82) is 0 Å². The minimum absolute atomic E-state index is 0.190. The number of rotatable bonds is 1. The third kappa shape index (κ3) is 1.03. The maximum absolute atomic E-state index is 11.1. The number of ether oxygens (including phenoxy) is 1. The van der Waals surface area contributed by atoms with Crippen molar-refractivity contribution in [2.45, 2.75) is 6.61 Å². The highest BCUT2D eigenvalue weighted by molar-refractivity contribution is 6.15. The Labute approximate surface area is 73.8 Å². The summed E-state index contributed by atoms with van der Waals surface area (Å²) in [5.41, 5.74) is 0.847. The number of esters is 2. The predicted octanol–water partition coefficient (Wildman–Crippen LogP) is 0.490. The van der Waals surface area contributed by atoms with Crippen LogP contribution in [0.15, 0.2) is 18.2 Å². The molecule has 1 aliphatic rings. The van der Waals surface area contributed by atoms with Gasteiger partial charge in [-0.25, -0.2) is 9.59 Å². The van der Waals surface area contributed by atoms with Crippen LogP contribution in [0.3, 0.4) is 0 Å². The summed E-state index contributed by atoms with van der Waals surface area (Å²) in [6, 6.07) is 4.69. The van der Waals surface area contributed by atoms with E-state index in [1.165, 1.54) is 6.07 Å². The first-order valence-corrected chi connectivity index (χ1v) is 3.73. The monoisotopic (exact) mass is 178 g/mol. The van der Waals surface area contributed by atoms with Crippen LogP contribution in [0.4, 0.5) is 0 Å². The highest BCUT2D eigenvalue weighted by Gasteiger charge is 2.31. The topological polar surface area (TPSA) is 63.6 Å². The zero-order valence-corrected chi connectivity index (χ0v) is 6.61. The lowest BCUT2D eigenvalue weighted by Gasteiger charge is -1.98. The van der Waals surface area contributed by atoms with Crippen molar-refractivity contribution in [1.82, 2.24) is 0 Å². The first-order valence-electron chi connectivity index (χ1n) is 3.73. The van der Waals surface area contributed by atoms with Crippen LogP contribution in [-0.4, -0.2) is 17.0 Å². The van der Waals surface area contributed by atoms with Gasteiger partial charge in [0.15, 0.2) is 0 Å². The molecule has 2 rings (SSSR count). The quantitative estimate of drug-likeness (QED) is 0.502. The van der Waals surface area contributed by atoms with E-state index in [4.69, 9.17) is 5.11 Å². The highest BCUT2D eigenvalue weighted by atomic mass is 16.6. The average molecular weight is 178 g/mol. The number of cyclic esters (lactones) is 2. The SMILES string of the molecule is O=C1OC(=O)c2c(CO)cccc21. The van der Waals surface area contributed by atoms with Crippen LogP contribution >= 0.6 is 0 Å². The molecule has 0 bridgehead atoms. The maximum atomic E-state index is 11.1. The predicted molar refractivity (Wildman–Crippen MR) is 42.1 cm³/mol. The Kier molecular flexibility index (Phi) is 1.63. The van der Waals surface area contributed by atoms with Crippen molar-refractivity contribution < 1.29 is 19.4 Å². The van der Waals surface area contributed by atoms with E-state index in [0.717, 1.165) is 0 Å². The van der Waals surface area contributed by atoms with Crippen molar-refractivity contribution in [3.05, 3.63) is 34.9 Å². The van der Waals surface area contributed by atoms with Gasteiger partial charge in [0.25, 0.3) is 0 Å². The number of aliphatic hydroxyl groups is 1. The number of hydrogen-bond donors (Lipinski definition) is 1. The molecule has 1 aromatic carbocycles. The van der Waals surface area contributed by atoms with E-state index in [2.05, 4.69) is 4.74 Å². The van der Waals surface area contributed by atoms with E-state index < -0.39 is 11.9 Å². The Balaban J connectivity index is 2.69. The number of carbonyl (C=O) groups is 2. The van der Waals surface area contributed by atoms with Crippen molar-refractivity contribution in [3.63, 3.8) is 0 Å². The lowest BCUT2D eigenvalue weighted by Crippen LogP contribution is -2.00. The maximum Gasteiger partial charge on any atom is 0.347 e. The molecule has 1 aliphatic heterocycles. The largest absolute Gasteiger partial charge is 0.392 e. The number of hydrogen-bond acceptors (Lipinski definition) is 4. The van der Waals surface area contributed by atoms with Gasteiger partial charge in [-0.1, -0.05) is 12.1 Å². The van der Waals surface area contributed by atoms with Crippen LogP contribution in [0, 0.1) is 0 Å². The molecular weight excluding hydrogens is 172 g/mol. The lowest BCUT2D eigenvalue weighted by molar-refractivity contribution is 0.0442. The molecule has 0 saturated carbocycles. The fraction of sp³-hybridized carbons (Fsp3) is 0.111. The molecule has 0 saturated heterocycles. The molecule has 0 aliphatic carbocycles. The lowest BCUT2D eigenvalue weighted by atomic mass is 10.0. The zero-order valence-electron chi connectivity index (χ0n) is 6.61. The Bertz CT molecular complexity index is 395. The summed E-state index contributed by atoms with van der Waals surface area (Å²) < 4.78 is 4.39. The summed E-state index contributed by atoms with van der Waals surface area (Å²) in [5, 5.41) is 8.89. The van der Waals surface area contributed by atoms with Gasteiger partial charge < -0.3 is 9.84 Å². The highest BCUT2D eigenvalue weighted by Crippen LogP contribution is 2.23. The summed E-state index contributed by atoms with van der Waals surface area (Å²) in [7, 11) is 0. The summed E-state index contributed by atoms with van der Waals surface area (Å²) in [6.45, 7) is -0.272. The third-order valence-corrected chi connectivity index (χ3v) is 1.93. The van der Waals surface area contributed by atoms with Gasteiger partial charge in [0.1, 0.15) is 0 Å². The fourth-order valence-electron chi connectivity index (χ4n) is 1.33. The van der Waals surface area contributed by atoms with Crippen molar-refractivity contribution >= 4 is 11.9 Å². The van der Waals surface area contributed by atoms with Crippen molar-refractivity contribution in [2.75, 3.05) is 0 Å². The second kappa shape index (κ2) is 2.67. The van der Waals surface area contributed by atoms with Gasteiger partial charge in [-0.3, -0.25) is 0 Å². The summed E-state index contributed by atoms with van der Waals surface area (Å²) in [4.78, 5) is 22.1. The van der Waals surface area contributed by atoms with E-state index in [1.54, 1.807) is 12.1 Å². The molecule has 0 fully saturated rings. The van der Waals surface area contributed by atoms with Crippen LogP contribution < -0.4 is 0 Å². The first kappa shape index (κ1) is 7.94. The second-order valence-electron chi connectivity index (χ2n) is 2.67. The summed E-state index contributed by atoms with van der Waals surface area (Å²) in [6.07, 6.45) is 0. The molecule has 0 atom stereocenters. The molecule has 0 aromatic heterocycles. The minimum Gasteiger partial charge on any atom is -0.392 e. The molecule has 13 heavy (non-hydrogen) atoms. The molecule has 1 aromatic rings. The molecule has 0 spiro atoms. The van der Waals surface area contributed by atoms with Gasteiger partial charge in [-0.2, -0.15) is 0 Å². The summed E-state index contributed by atoms with van der Waals surface area (Å²) in [5.74, 6) is -1.32. The van der Waals surface area contributed by atoms with E-state index in [-0.39, 0.29) is 17.7 Å². The van der Waals surface area contributed by atoms with Crippen LogP contribution in [0.1, 0.15) is 26.3 Å². The van der Waals surface area contributed by atoms with Crippen LogP contribution in [0.2, 0.25) is 0 Å². The standard InChI is InChI=1S/C9H6O4/c10-4-5-2-1-3-6-7(5)9(12)13-8(6)11/h1-3,10H,4H2. The van der Waals surface area contributed by atoms with Crippen molar-refractivity contribution in [2.24, 2.45) is 0 Å². The number of carbonyl (C=O) groups excluding carboxylic acids is 2. The molecule has 0 unspecified atom stereocenters. The molecule has 66 valence electrons. The van der Waals surface area contributed by atoms with E-state index >= 15 is 0 Å². The molecule has 0 amide bonds. The molecule has 0 radical (unpaired) electrons. The van der Waals surface area contributed by atoms with Crippen molar-refractivity contribution in [3.8, 4) is 0 Å². The van der Waals surface area contributed by atoms with E-state index in [0.29, 0.717) is 5.56 Å². The minimum atomic E-state index is -0.676. The Morgan fingerprint density at radius 2 is 2.00 bits per heavy atom. The number of fused-ring (bicyclic) bond motifs is 1. The molecule has 1 heterocycles. The Hall–Kier alpha value is -1.68. The van der Waals surface area contributed by atoms with Gasteiger partial charge in [-0.05, 0) is 11.6 Å². The third-order valence-electron chi connectivity index (χ3n) is 1.93. The Morgan fingerprint density at radius 3 is 2.69 bits per heavy atom. The van der Waals surface area contributed by atoms with E-state index in [1.807, 2.05) is 0 Å².